The van der Waals surface area contributed by atoms with Crippen molar-refractivity contribution in [2.45, 2.75) is 25.8 Å². The number of sulfone groups is 1. The van der Waals surface area contributed by atoms with E-state index in [-0.39, 0.29) is 41.5 Å². The summed E-state index contributed by atoms with van der Waals surface area (Å²) in [6, 6.07) is -0.0345. The molecule has 1 aliphatic rings. The molecule has 1 aliphatic heterocycles. The standard InChI is InChI=1S/C12H20N4O2S2.HI/c1-9-15-10(7-19-9)3-5-14-12(13-2)16-11-4-6-20(17,18)8-11;/h7,11H,3-6,8H2,1-2H3,(H2,13,14,16);1H. The van der Waals surface area contributed by atoms with Crippen LogP contribution in [0.2, 0.25) is 0 Å². The number of halogens is 1. The first-order chi connectivity index (χ1) is 9.48. The van der Waals surface area contributed by atoms with Gasteiger partial charge in [-0.3, -0.25) is 4.99 Å². The molecule has 2 rings (SSSR count). The monoisotopic (exact) mass is 444 g/mol. The fraction of sp³-hybridized carbons (Fsp3) is 0.667. The Kier molecular flexibility index (Phi) is 7.34. The number of nitrogens with one attached hydrogen (secondary N) is 2. The minimum Gasteiger partial charge on any atom is -0.356 e. The topological polar surface area (TPSA) is 83.4 Å². The average molecular weight is 444 g/mol. The Morgan fingerprint density at radius 1 is 1.57 bits per heavy atom. The molecule has 0 radical (unpaired) electrons. The van der Waals surface area contributed by atoms with Crippen molar-refractivity contribution in [3.8, 4) is 0 Å². The van der Waals surface area contributed by atoms with Crippen molar-refractivity contribution in [2.75, 3.05) is 25.1 Å². The highest BCUT2D eigenvalue weighted by atomic mass is 127. The Labute approximate surface area is 146 Å². The van der Waals surface area contributed by atoms with Gasteiger partial charge in [-0.05, 0) is 13.3 Å². The van der Waals surface area contributed by atoms with Crippen molar-refractivity contribution in [1.29, 1.82) is 0 Å². The van der Waals surface area contributed by atoms with Gasteiger partial charge in [0.2, 0.25) is 0 Å². The lowest BCUT2D eigenvalue weighted by molar-refractivity contribution is 0.599. The molecular formula is C12H21IN4O2S2. The maximum Gasteiger partial charge on any atom is 0.191 e. The minimum absolute atomic E-state index is 0. The summed E-state index contributed by atoms with van der Waals surface area (Å²) in [5, 5.41) is 9.47. The van der Waals surface area contributed by atoms with E-state index >= 15 is 0 Å². The molecule has 1 saturated heterocycles. The first-order valence-electron chi connectivity index (χ1n) is 6.57. The Bertz CT molecular complexity index is 586. The summed E-state index contributed by atoms with van der Waals surface area (Å²) < 4.78 is 22.8. The van der Waals surface area contributed by atoms with Crippen molar-refractivity contribution in [3.63, 3.8) is 0 Å². The molecule has 1 atom stereocenters. The van der Waals surface area contributed by atoms with E-state index in [0.717, 1.165) is 23.7 Å². The molecule has 0 spiro atoms. The van der Waals surface area contributed by atoms with Gasteiger partial charge in [0.15, 0.2) is 15.8 Å². The molecule has 2 heterocycles. The second-order valence-corrected chi connectivity index (χ2v) is 8.14. The molecule has 120 valence electrons. The normalized spacial score (nSPS) is 20.9. The molecule has 0 aliphatic carbocycles. The largest absolute Gasteiger partial charge is 0.356 e. The van der Waals surface area contributed by atoms with Gasteiger partial charge in [-0.2, -0.15) is 0 Å². The van der Waals surface area contributed by atoms with E-state index in [4.69, 9.17) is 0 Å². The van der Waals surface area contributed by atoms with Crippen LogP contribution in [0.4, 0.5) is 0 Å². The van der Waals surface area contributed by atoms with E-state index in [1.54, 1.807) is 18.4 Å². The molecular weight excluding hydrogens is 423 g/mol. The minimum atomic E-state index is -2.86. The third-order valence-corrected chi connectivity index (χ3v) is 5.73. The van der Waals surface area contributed by atoms with Crippen molar-refractivity contribution in [1.82, 2.24) is 15.6 Å². The molecule has 0 saturated carbocycles. The fourth-order valence-corrected chi connectivity index (χ4v) is 4.45. The van der Waals surface area contributed by atoms with Crippen LogP contribution in [0.15, 0.2) is 10.4 Å². The molecule has 1 unspecified atom stereocenters. The molecule has 2 N–H and O–H groups in total. The summed E-state index contributed by atoms with van der Waals surface area (Å²) in [4.78, 5) is 8.51. The van der Waals surface area contributed by atoms with Gasteiger partial charge in [-0.25, -0.2) is 13.4 Å². The van der Waals surface area contributed by atoms with Crippen LogP contribution in [-0.4, -0.2) is 50.5 Å². The van der Waals surface area contributed by atoms with Gasteiger partial charge in [-0.1, -0.05) is 0 Å². The molecule has 0 amide bonds. The van der Waals surface area contributed by atoms with Crippen LogP contribution >= 0.6 is 35.3 Å². The van der Waals surface area contributed by atoms with Gasteiger partial charge in [0.05, 0.1) is 22.2 Å². The number of aryl methyl sites for hydroxylation is 1. The van der Waals surface area contributed by atoms with E-state index in [1.807, 2.05) is 6.92 Å². The number of hydrogen-bond acceptors (Lipinski definition) is 5. The predicted molar refractivity (Wildman–Crippen MR) is 97.5 cm³/mol. The highest BCUT2D eigenvalue weighted by Gasteiger charge is 2.28. The second-order valence-electron chi connectivity index (χ2n) is 4.85. The number of hydrogen-bond donors (Lipinski definition) is 2. The van der Waals surface area contributed by atoms with Crippen LogP contribution in [0.3, 0.4) is 0 Å². The lowest BCUT2D eigenvalue weighted by atomic mass is 10.3. The highest BCUT2D eigenvalue weighted by Crippen LogP contribution is 2.11. The Morgan fingerprint density at radius 3 is 2.86 bits per heavy atom. The number of aromatic nitrogens is 1. The van der Waals surface area contributed by atoms with Crippen molar-refractivity contribution in [3.05, 3.63) is 16.1 Å². The first-order valence-corrected chi connectivity index (χ1v) is 9.27. The first kappa shape index (κ1) is 18.6. The molecule has 6 nitrogen and oxygen atoms in total. The van der Waals surface area contributed by atoms with E-state index in [2.05, 4.69) is 26.0 Å². The maximum atomic E-state index is 11.4. The molecule has 21 heavy (non-hydrogen) atoms. The van der Waals surface area contributed by atoms with Crippen molar-refractivity contribution >= 4 is 51.1 Å². The molecule has 1 fully saturated rings. The quantitative estimate of drug-likeness (QED) is 0.411. The molecule has 0 bridgehead atoms. The van der Waals surface area contributed by atoms with Crippen LogP contribution in [0.1, 0.15) is 17.1 Å². The molecule has 1 aromatic heterocycles. The lowest BCUT2D eigenvalue weighted by Gasteiger charge is -2.15. The third-order valence-electron chi connectivity index (χ3n) is 3.14. The number of guanidine groups is 1. The Morgan fingerprint density at radius 2 is 2.33 bits per heavy atom. The van der Waals surface area contributed by atoms with Crippen molar-refractivity contribution in [2.24, 2.45) is 4.99 Å². The Hall–Kier alpha value is -0.420. The zero-order valence-corrected chi connectivity index (χ0v) is 16.1. The van der Waals surface area contributed by atoms with Gasteiger partial charge < -0.3 is 10.6 Å². The second kappa shape index (κ2) is 8.28. The number of thiazole rings is 1. The fourth-order valence-electron chi connectivity index (χ4n) is 2.13. The van der Waals surface area contributed by atoms with Crippen LogP contribution in [0.5, 0.6) is 0 Å². The molecule has 1 aromatic rings. The molecule has 0 aromatic carbocycles. The molecule has 9 heteroatoms. The zero-order valence-electron chi connectivity index (χ0n) is 12.1. The average Bonchev–Trinajstić information content (AvgIpc) is 2.94. The van der Waals surface area contributed by atoms with Crippen LogP contribution in [0.25, 0.3) is 0 Å². The van der Waals surface area contributed by atoms with Gasteiger partial charge in [-0.15, -0.1) is 35.3 Å². The van der Waals surface area contributed by atoms with Gasteiger partial charge in [0.25, 0.3) is 0 Å². The van der Waals surface area contributed by atoms with Crippen LogP contribution in [-0.2, 0) is 16.3 Å². The SMILES string of the molecule is CN=C(NCCc1csc(C)n1)NC1CCS(=O)(=O)C1.I. The van der Waals surface area contributed by atoms with Gasteiger partial charge in [0, 0.05) is 31.4 Å². The van der Waals surface area contributed by atoms with Crippen LogP contribution < -0.4 is 10.6 Å². The van der Waals surface area contributed by atoms with Gasteiger partial charge in [0.1, 0.15) is 0 Å². The highest BCUT2D eigenvalue weighted by molar-refractivity contribution is 14.0. The number of aliphatic imine (C=N–C) groups is 1. The van der Waals surface area contributed by atoms with Gasteiger partial charge >= 0.3 is 0 Å². The van der Waals surface area contributed by atoms with Crippen molar-refractivity contribution < 1.29 is 8.42 Å². The summed E-state index contributed by atoms with van der Waals surface area (Å²) in [6.07, 6.45) is 1.47. The summed E-state index contributed by atoms with van der Waals surface area (Å²) >= 11 is 1.64. The Balaban J connectivity index is 0.00000220. The number of rotatable bonds is 4. The third kappa shape index (κ3) is 6.07. The summed E-state index contributed by atoms with van der Waals surface area (Å²) in [5.41, 5.74) is 1.07. The summed E-state index contributed by atoms with van der Waals surface area (Å²) in [7, 11) is -1.18. The number of nitrogens with zero attached hydrogens (tertiary/aromatic N) is 2. The maximum absolute atomic E-state index is 11.4. The smallest absolute Gasteiger partial charge is 0.191 e. The summed E-state index contributed by atoms with van der Waals surface area (Å²) in [5.74, 6) is 1.11. The van der Waals surface area contributed by atoms with E-state index < -0.39 is 9.84 Å². The predicted octanol–water partition coefficient (Wildman–Crippen LogP) is 0.964. The van der Waals surface area contributed by atoms with E-state index in [1.165, 1.54) is 0 Å². The zero-order chi connectivity index (χ0) is 14.6. The lowest BCUT2D eigenvalue weighted by Crippen LogP contribution is -2.44. The summed E-state index contributed by atoms with van der Waals surface area (Å²) in [6.45, 7) is 2.71. The van der Waals surface area contributed by atoms with Crippen LogP contribution in [0, 0.1) is 6.92 Å². The van der Waals surface area contributed by atoms with E-state index in [0.29, 0.717) is 12.4 Å². The van der Waals surface area contributed by atoms with E-state index in [9.17, 15) is 8.42 Å².